The summed E-state index contributed by atoms with van der Waals surface area (Å²) in [7, 11) is 0. The minimum atomic E-state index is -0.00319. The average molecular weight is 256 g/mol. The number of nitrogen functional groups attached to an aromatic ring is 1. The number of nitrogens with one attached hydrogen (secondary N) is 1. The highest BCUT2D eigenvalue weighted by Crippen LogP contribution is 2.23. The van der Waals surface area contributed by atoms with Gasteiger partial charge in [0.05, 0.1) is 18.0 Å². The Labute approximate surface area is 111 Å². The summed E-state index contributed by atoms with van der Waals surface area (Å²) in [6.45, 7) is 2.39. The molecule has 5 nitrogen and oxygen atoms in total. The average Bonchev–Trinajstić information content (AvgIpc) is 2.48. The molecule has 1 aliphatic rings. The molecular formula is C14H16N4O. The van der Waals surface area contributed by atoms with Crippen LogP contribution in [0, 0.1) is 0 Å². The molecule has 2 aromatic rings. The van der Waals surface area contributed by atoms with Crippen LogP contribution in [-0.4, -0.2) is 29.7 Å². The van der Waals surface area contributed by atoms with Crippen LogP contribution in [0.2, 0.25) is 0 Å². The van der Waals surface area contributed by atoms with Crippen molar-refractivity contribution in [3.05, 3.63) is 42.4 Å². The monoisotopic (exact) mass is 256 g/mol. The first-order valence-electron chi connectivity index (χ1n) is 6.33. The lowest BCUT2D eigenvalue weighted by Crippen LogP contribution is -2.33. The zero-order valence-electron chi connectivity index (χ0n) is 10.5. The van der Waals surface area contributed by atoms with E-state index in [-0.39, 0.29) is 6.10 Å². The molecule has 1 aromatic heterocycles. The summed E-state index contributed by atoms with van der Waals surface area (Å²) in [4.78, 5) is 8.61. The van der Waals surface area contributed by atoms with E-state index in [1.807, 2.05) is 30.3 Å². The van der Waals surface area contributed by atoms with E-state index in [2.05, 4.69) is 15.3 Å². The maximum Gasteiger partial charge on any atom is 0.116 e. The molecule has 3 rings (SSSR count). The Hall–Kier alpha value is -1.98. The van der Waals surface area contributed by atoms with Crippen molar-refractivity contribution in [2.45, 2.75) is 6.10 Å². The molecule has 2 heterocycles. The smallest absolute Gasteiger partial charge is 0.116 e. The quantitative estimate of drug-likeness (QED) is 0.794. The Kier molecular flexibility index (Phi) is 3.39. The first-order chi connectivity index (χ1) is 9.33. The Morgan fingerprint density at radius 1 is 1.26 bits per heavy atom. The maximum absolute atomic E-state index is 5.80. The van der Waals surface area contributed by atoms with Crippen molar-refractivity contribution >= 4 is 5.69 Å². The fraction of sp³-hybridized carbons (Fsp3) is 0.286. The van der Waals surface area contributed by atoms with Gasteiger partial charge < -0.3 is 15.8 Å². The van der Waals surface area contributed by atoms with Gasteiger partial charge in [-0.25, -0.2) is 9.97 Å². The topological polar surface area (TPSA) is 73.1 Å². The van der Waals surface area contributed by atoms with Gasteiger partial charge in [-0.3, -0.25) is 0 Å². The van der Waals surface area contributed by atoms with Crippen LogP contribution in [0.25, 0.3) is 11.3 Å². The van der Waals surface area contributed by atoms with Gasteiger partial charge in [0.1, 0.15) is 12.4 Å². The fourth-order valence-corrected chi connectivity index (χ4v) is 2.16. The third-order valence-corrected chi connectivity index (χ3v) is 3.13. The zero-order chi connectivity index (χ0) is 13.1. The summed E-state index contributed by atoms with van der Waals surface area (Å²) >= 11 is 0. The first-order valence-corrected chi connectivity index (χ1v) is 6.33. The standard InChI is InChI=1S/C14H16N4O/c15-11-3-1-2-10(6-11)12-7-13(18-9-17-12)14-8-16-4-5-19-14/h1-3,6-7,9,14,16H,4-5,8,15H2. The zero-order valence-corrected chi connectivity index (χ0v) is 10.5. The predicted molar refractivity (Wildman–Crippen MR) is 73.4 cm³/mol. The molecule has 1 saturated heterocycles. The number of morpholine rings is 1. The van der Waals surface area contributed by atoms with Crippen molar-refractivity contribution in [1.29, 1.82) is 0 Å². The molecule has 0 aliphatic carbocycles. The van der Waals surface area contributed by atoms with Crippen LogP contribution in [-0.2, 0) is 4.74 Å². The Bertz CT molecular complexity index is 567. The second kappa shape index (κ2) is 5.34. The van der Waals surface area contributed by atoms with Crippen molar-refractivity contribution in [2.24, 2.45) is 0 Å². The molecule has 3 N–H and O–H groups in total. The van der Waals surface area contributed by atoms with E-state index in [9.17, 15) is 0 Å². The number of hydrogen-bond donors (Lipinski definition) is 2. The van der Waals surface area contributed by atoms with Gasteiger partial charge in [0.2, 0.25) is 0 Å². The van der Waals surface area contributed by atoms with Gasteiger partial charge in [-0.05, 0) is 18.2 Å². The van der Waals surface area contributed by atoms with E-state index in [0.29, 0.717) is 6.61 Å². The molecule has 1 aromatic carbocycles. The minimum absolute atomic E-state index is 0.00319. The second-order valence-electron chi connectivity index (χ2n) is 4.52. The number of aromatic nitrogens is 2. The lowest BCUT2D eigenvalue weighted by Gasteiger charge is -2.23. The molecule has 98 valence electrons. The number of hydrogen-bond acceptors (Lipinski definition) is 5. The highest BCUT2D eigenvalue weighted by Gasteiger charge is 2.17. The van der Waals surface area contributed by atoms with Crippen LogP contribution < -0.4 is 11.1 Å². The summed E-state index contributed by atoms with van der Waals surface area (Å²) < 4.78 is 5.70. The number of nitrogens with two attached hydrogens (primary N) is 1. The molecule has 1 aliphatic heterocycles. The third-order valence-electron chi connectivity index (χ3n) is 3.13. The summed E-state index contributed by atoms with van der Waals surface area (Å²) in [5, 5.41) is 3.30. The maximum atomic E-state index is 5.80. The van der Waals surface area contributed by atoms with Crippen molar-refractivity contribution in [3.63, 3.8) is 0 Å². The van der Waals surface area contributed by atoms with E-state index in [1.165, 1.54) is 0 Å². The molecule has 1 unspecified atom stereocenters. The molecule has 5 heteroatoms. The molecule has 0 amide bonds. The van der Waals surface area contributed by atoms with Crippen LogP contribution in [0.3, 0.4) is 0 Å². The normalized spacial score (nSPS) is 19.3. The number of anilines is 1. The molecule has 0 bridgehead atoms. The second-order valence-corrected chi connectivity index (χ2v) is 4.52. The van der Waals surface area contributed by atoms with Crippen LogP contribution in [0.5, 0.6) is 0 Å². The van der Waals surface area contributed by atoms with Gasteiger partial charge in [0, 0.05) is 24.3 Å². The van der Waals surface area contributed by atoms with E-state index in [0.717, 1.165) is 35.7 Å². The lowest BCUT2D eigenvalue weighted by molar-refractivity contribution is 0.0250. The molecular weight excluding hydrogens is 240 g/mol. The van der Waals surface area contributed by atoms with Crippen LogP contribution >= 0.6 is 0 Å². The number of ether oxygens (including phenoxy) is 1. The van der Waals surface area contributed by atoms with E-state index in [1.54, 1.807) is 6.33 Å². The Morgan fingerprint density at radius 3 is 3.00 bits per heavy atom. The van der Waals surface area contributed by atoms with Crippen molar-refractivity contribution in [1.82, 2.24) is 15.3 Å². The van der Waals surface area contributed by atoms with Crippen LogP contribution in [0.1, 0.15) is 11.8 Å². The molecule has 0 spiro atoms. The lowest BCUT2D eigenvalue weighted by atomic mass is 10.1. The van der Waals surface area contributed by atoms with Crippen molar-refractivity contribution < 1.29 is 4.74 Å². The molecule has 0 radical (unpaired) electrons. The summed E-state index contributed by atoms with van der Waals surface area (Å²) in [6, 6.07) is 9.64. The van der Waals surface area contributed by atoms with E-state index < -0.39 is 0 Å². The van der Waals surface area contributed by atoms with E-state index in [4.69, 9.17) is 10.5 Å². The Balaban J connectivity index is 1.91. The van der Waals surface area contributed by atoms with Gasteiger partial charge in [0.25, 0.3) is 0 Å². The highest BCUT2D eigenvalue weighted by atomic mass is 16.5. The summed E-state index contributed by atoms with van der Waals surface area (Å²) in [5.41, 5.74) is 9.29. The van der Waals surface area contributed by atoms with Crippen LogP contribution in [0.4, 0.5) is 5.69 Å². The highest BCUT2D eigenvalue weighted by molar-refractivity contribution is 5.63. The van der Waals surface area contributed by atoms with Gasteiger partial charge in [-0.2, -0.15) is 0 Å². The number of nitrogens with zero attached hydrogens (tertiary/aromatic N) is 2. The van der Waals surface area contributed by atoms with Crippen molar-refractivity contribution in [3.8, 4) is 11.3 Å². The van der Waals surface area contributed by atoms with E-state index >= 15 is 0 Å². The molecule has 1 fully saturated rings. The van der Waals surface area contributed by atoms with Gasteiger partial charge in [0.15, 0.2) is 0 Å². The van der Waals surface area contributed by atoms with Gasteiger partial charge in [-0.15, -0.1) is 0 Å². The molecule has 19 heavy (non-hydrogen) atoms. The summed E-state index contributed by atoms with van der Waals surface area (Å²) in [5.74, 6) is 0. The first kappa shape index (κ1) is 12.1. The third kappa shape index (κ3) is 2.72. The SMILES string of the molecule is Nc1cccc(-c2cc(C3CNCCO3)ncn2)c1. The number of rotatable bonds is 2. The number of benzene rings is 1. The van der Waals surface area contributed by atoms with Gasteiger partial charge in [-0.1, -0.05) is 12.1 Å². The predicted octanol–water partition coefficient (Wildman–Crippen LogP) is 1.39. The largest absolute Gasteiger partial charge is 0.399 e. The minimum Gasteiger partial charge on any atom is -0.399 e. The molecule has 0 saturated carbocycles. The summed E-state index contributed by atoms with van der Waals surface area (Å²) in [6.07, 6.45) is 1.57. The molecule has 1 atom stereocenters. The van der Waals surface area contributed by atoms with Crippen molar-refractivity contribution in [2.75, 3.05) is 25.4 Å². The fourth-order valence-electron chi connectivity index (χ4n) is 2.16. The van der Waals surface area contributed by atoms with Crippen LogP contribution in [0.15, 0.2) is 36.7 Å². The Morgan fingerprint density at radius 2 is 2.21 bits per heavy atom. The van der Waals surface area contributed by atoms with Gasteiger partial charge >= 0.3 is 0 Å².